The monoisotopic (exact) mass is 290 g/mol. The molecule has 114 valence electrons. The Kier molecular flexibility index (Phi) is 5.20. The van der Waals surface area contributed by atoms with E-state index in [1.807, 2.05) is 38.1 Å². The van der Waals surface area contributed by atoms with Crippen LogP contribution in [0.25, 0.3) is 0 Å². The fourth-order valence-corrected chi connectivity index (χ4v) is 2.22. The molecule has 1 aromatic rings. The molecule has 0 aromatic heterocycles. The fourth-order valence-electron chi connectivity index (χ4n) is 2.22. The van der Waals surface area contributed by atoms with E-state index in [0.29, 0.717) is 26.1 Å². The van der Waals surface area contributed by atoms with Gasteiger partial charge >= 0.3 is 0 Å². The second-order valence-corrected chi connectivity index (χ2v) is 5.56. The largest absolute Gasteiger partial charge is 0.492 e. The predicted molar refractivity (Wildman–Crippen MR) is 80.0 cm³/mol. The molecule has 1 aliphatic heterocycles. The lowest BCUT2D eigenvalue weighted by Gasteiger charge is -2.24. The quantitative estimate of drug-likeness (QED) is 0.799. The van der Waals surface area contributed by atoms with Crippen molar-refractivity contribution < 1.29 is 14.3 Å². The van der Waals surface area contributed by atoms with E-state index in [1.54, 1.807) is 0 Å². The van der Waals surface area contributed by atoms with Crippen molar-refractivity contribution in [2.45, 2.75) is 20.3 Å². The first-order valence-electron chi connectivity index (χ1n) is 7.34. The molecule has 0 fully saturated rings. The molecule has 0 saturated heterocycles. The van der Waals surface area contributed by atoms with E-state index < -0.39 is 0 Å². The zero-order valence-electron chi connectivity index (χ0n) is 12.5. The fraction of sp³-hybridized carbons (Fsp3) is 0.500. The summed E-state index contributed by atoms with van der Waals surface area (Å²) >= 11 is 0. The third-order valence-corrected chi connectivity index (χ3v) is 3.50. The maximum absolute atomic E-state index is 12.1. The molecule has 1 unspecified atom stereocenters. The third-order valence-electron chi connectivity index (χ3n) is 3.50. The number of nitrogens with one attached hydrogen (secondary N) is 2. The molecule has 5 nitrogen and oxygen atoms in total. The molecule has 0 radical (unpaired) electrons. The van der Waals surface area contributed by atoms with Gasteiger partial charge in [-0.05, 0) is 18.1 Å². The Hall–Kier alpha value is -2.04. The molecular formula is C16H22N2O3. The van der Waals surface area contributed by atoms with E-state index in [2.05, 4.69) is 10.6 Å². The maximum atomic E-state index is 12.1. The van der Waals surface area contributed by atoms with Gasteiger partial charge in [0, 0.05) is 19.0 Å². The molecule has 0 saturated carbocycles. The summed E-state index contributed by atoms with van der Waals surface area (Å²) in [5.41, 5.74) is 1.07. The van der Waals surface area contributed by atoms with Crippen LogP contribution < -0.4 is 15.4 Å². The van der Waals surface area contributed by atoms with Gasteiger partial charge in [-0.1, -0.05) is 32.0 Å². The van der Waals surface area contributed by atoms with Crippen molar-refractivity contribution in [3.8, 4) is 5.75 Å². The van der Waals surface area contributed by atoms with Crippen LogP contribution in [0.5, 0.6) is 5.75 Å². The highest BCUT2D eigenvalue weighted by atomic mass is 16.5. The Morgan fingerprint density at radius 2 is 1.95 bits per heavy atom. The molecule has 0 aliphatic carbocycles. The van der Waals surface area contributed by atoms with Crippen molar-refractivity contribution in [2.24, 2.45) is 11.8 Å². The molecule has 2 rings (SSSR count). The standard InChI is InChI=1S/C16H22N2O3/c1-11(2)15(19)17-7-8-18-16(20)13-9-12-5-3-4-6-14(12)21-10-13/h3-6,11,13H,7-10H2,1-2H3,(H,17,19)(H,18,20). The second-order valence-electron chi connectivity index (χ2n) is 5.56. The van der Waals surface area contributed by atoms with Crippen molar-refractivity contribution in [2.75, 3.05) is 19.7 Å². The number of carbonyl (C=O) groups excluding carboxylic acids is 2. The Labute approximate surface area is 125 Å². The van der Waals surface area contributed by atoms with E-state index in [0.717, 1.165) is 11.3 Å². The lowest BCUT2D eigenvalue weighted by atomic mass is 9.96. The van der Waals surface area contributed by atoms with Crippen LogP contribution in [-0.2, 0) is 16.0 Å². The predicted octanol–water partition coefficient (Wildman–Crippen LogP) is 1.13. The smallest absolute Gasteiger partial charge is 0.226 e. The van der Waals surface area contributed by atoms with Gasteiger partial charge in [0.2, 0.25) is 11.8 Å². The van der Waals surface area contributed by atoms with Gasteiger partial charge in [-0.15, -0.1) is 0 Å². The van der Waals surface area contributed by atoms with Crippen LogP contribution in [0, 0.1) is 11.8 Å². The average molecular weight is 290 g/mol. The van der Waals surface area contributed by atoms with Gasteiger partial charge in [-0.25, -0.2) is 0 Å². The molecule has 1 aromatic carbocycles. The SMILES string of the molecule is CC(C)C(=O)NCCNC(=O)C1COc2ccccc2C1. The molecular weight excluding hydrogens is 268 g/mol. The summed E-state index contributed by atoms with van der Waals surface area (Å²) in [5, 5.41) is 5.61. The number of ether oxygens (including phenoxy) is 1. The molecule has 0 spiro atoms. The summed E-state index contributed by atoms with van der Waals surface area (Å²) in [6.07, 6.45) is 0.695. The van der Waals surface area contributed by atoms with Crippen LogP contribution in [0.4, 0.5) is 0 Å². The molecule has 1 aliphatic rings. The Bertz CT molecular complexity index is 514. The summed E-state index contributed by atoms with van der Waals surface area (Å²) < 4.78 is 5.60. The van der Waals surface area contributed by atoms with Crippen molar-refractivity contribution in [3.63, 3.8) is 0 Å². The Balaban J connectivity index is 1.74. The molecule has 1 atom stereocenters. The number of amides is 2. The summed E-state index contributed by atoms with van der Waals surface area (Å²) in [6.45, 7) is 4.97. The first kappa shape index (κ1) is 15.4. The van der Waals surface area contributed by atoms with Crippen LogP contribution in [0.15, 0.2) is 24.3 Å². The zero-order chi connectivity index (χ0) is 15.2. The zero-order valence-corrected chi connectivity index (χ0v) is 12.5. The first-order valence-corrected chi connectivity index (χ1v) is 7.34. The number of fused-ring (bicyclic) bond motifs is 1. The molecule has 2 amide bonds. The lowest BCUT2D eigenvalue weighted by Crippen LogP contribution is -2.41. The van der Waals surface area contributed by atoms with Crippen LogP contribution in [0.2, 0.25) is 0 Å². The number of carbonyl (C=O) groups is 2. The van der Waals surface area contributed by atoms with Gasteiger partial charge < -0.3 is 15.4 Å². The van der Waals surface area contributed by atoms with Crippen LogP contribution >= 0.6 is 0 Å². The topological polar surface area (TPSA) is 67.4 Å². The van der Waals surface area contributed by atoms with Crippen LogP contribution in [0.3, 0.4) is 0 Å². The number of rotatable bonds is 5. The third kappa shape index (κ3) is 4.21. The number of hydrogen-bond acceptors (Lipinski definition) is 3. The van der Waals surface area contributed by atoms with E-state index in [9.17, 15) is 9.59 Å². The number of benzene rings is 1. The Morgan fingerprint density at radius 1 is 1.24 bits per heavy atom. The van der Waals surface area contributed by atoms with Crippen molar-refractivity contribution in [1.82, 2.24) is 10.6 Å². The van der Waals surface area contributed by atoms with Crippen molar-refractivity contribution >= 4 is 11.8 Å². The summed E-state index contributed by atoms with van der Waals surface area (Å²) in [5.74, 6) is 0.637. The number of hydrogen-bond donors (Lipinski definition) is 2. The summed E-state index contributed by atoms with van der Waals surface area (Å²) in [6, 6.07) is 7.78. The highest BCUT2D eigenvalue weighted by Crippen LogP contribution is 2.26. The van der Waals surface area contributed by atoms with Crippen LogP contribution in [-0.4, -0.2) is 31.5 Å². The van der Waals surface area contributed by atoms with Gasteiger partial charge in [0.25, 0.3) is 0 Å². The second kappa shape index (κ2) is 7.11. The van der Waals surface area contributed by atoms with Gasteiger partial charge in [0.15, 0.2) is 0 Å². The van der Waals surface area contributed by atoms with Gasteiger partial charge in [-0.3, -0.25) is 9.59 Å². The van der Waals surface area contributed by atoms with E-state index in [1.165, 1.54) is 0 Å². The van der Waals surface area contributed by atoms with E-state index >= 15 is 0 Å². The van der Waals surface area contributed by atoms with Gasteiger partial charge in [0.05, 0.1) is 5.92 Å². The molecule has 21 heavy (non-hydrogen) atoms. The normalized spacial score (nSPS) is 16.8. The van der Waals surface area contributed by atoms with Crippen molar-refractivity contribution in [1.29, 1.82) is 0 Å². The molecule has 1 heterocycles. The summed E-state index contributed by atoms with van der Waals surface area (Å²) in [7, 11) is 0. The van der Waals surface area contributed by atoms with Gasteiger partial charge in [-0.2, -0.15) is 0 Å². The minimum absolute atomic E-state index is 0.000763. The maximum Gasteiger partial charge on any atom is 0.226 e. The minimum atomic E-state index is -0.166. The molecule has 2 N–H and O–H groups in total. The first-order chi connectivity index (χ1) is 10.1. The summed E-state index contributed by atoms with van der Waals surface area (Å²) in [4.78, 5) is 23.5. The number of para-hydroxylation sites is 1. The highest BCUT2D eigenvalue weighted by molar-refractivity contribution is 5.80. The van der Waals surface area contributed by atoms with Crippen molar-refractivity contribution in [3.05, 3.63) is 29.8 Å². The lowest BCUT2D eigenvalue weighted by molar-refractivity contribution is -0.127. The van der Waals surface area contributed by atoms with E-state index in [4.69, 9.17) is 4.74 Å². The molecule has 5 heteroatoms. The highest BCUT2D eigenvalue weighted by Gasteiger charge is 2.25. The Morgan fingerprint density at radius 3 is 2.71 bits per heavy atom. The van der Waals surface area contributed by atoms with E-state index in [-0.39, 0.29) is 23.7 Å². The average Bonchev–Trinajstić information content (AvgIpc) is 2.50. The van der Waals surface area contributed by atoms with Crippen LogP contribution in [0.1, 0.15) is 19.4 Å². The molecule has 0 bridgehead atoms. The van der Waals surface area contributed by atoms with Gasteiger partial charge in [0.1, 0.15) is 12.4 Å². The minimum Gasteiger partial charge on any atom is -0.492 e.